The molecule has 2 heteroatoms. The Morgan fingerprint density at radius 1 is 1.25 bits per heavy atom. The molecule has 1 atom stereocenters. The number of aryl methyl sites for hydroxylation is 1. The van der Waals surface area contributed by atoms with Gasteiger partial charge >= 0.3 is 0 Å². The lowest BCUT2D eigenvalue weighted by Gasteiger charge is -2.10. The first-order valence-corrected chi connectivity index (χ1v) is 5.80. The Hall–Kier alpha value is -1.41. The fourth-order valence-electron chi connectivity index (χ4n) is 1.89. The van der Waals surface area contributed by atoms with Gasteiger partial charge < -0.3 is 5.32 Å². The van der Waals surface area contributed by atoms with Gasteiger partial charge in [0.15, 0.2) is 0 Å². The zero-order chi connectivity index (χ0) is 11.4. The molecule has 0 spiro atoms. The largest absolute Gasteiger partial charge is 0.317 e. The molecule has 0 saturated heterocycles. The molecule has 0 bridgehead atoms. The minimum absolute atomic E-state index is 0.555. The van der Waals surface area contributed by atoms with E-state index >= 15 is 0 Å². The fourth-order valence-corrected chi connectivity index (χ4v) is 1.89. The maximum absolute atomic E-state index is 4.30. The van der Waals surface area contributed by atoms with Crippen molar-refractivity contribution in [3.63, 3.8) is 0 Å². The van der Waals surface area contributed by atoms with E-state index in [1.165, 1.54) is 16.3 Å². The summed E-state index contributed by atoms with van der Waals surface area (Å²) >= 11 is 0. The molecule has 1 aromatic carbocycles. The zero-order valence-electron chi connectivity index (χ0n) is 9.90. The van der Waals surface area contributed by atoms with E-state index in [1.54, 1.807) is 0 Å². The highest BCUT2D eigenvalue weighted by Crippen LogP contribution is 2.18. The number of hydrogen-bond acceptors (Lipinski definition) is 2. The molecule has 0 aliphatic carbocycles. The Morgan fingerprint density at radius 2 is 2.06 bits per heavy atom. The van der Waals surface area contributed by atoms with E-state index in [-0.39, 0.29) is 0 Å². The molecule has 16 heavy (non-hydrogen) atoms. The second-order valence-corrected chi connectivity index (χ2v) is 4.25. The topological polar surface area (TPSA) is 24.9 Å². The summed E-state index contributed by atoms with van der Waals surface area (Å²) in [5, 5.41) is 5.83. The van der Waals surface area contributed by atoms with Gasteiger partial charge in [0.2, 0.25) is 0 Å². The molecular formula is C14H18N2. The molecular weight excluding hydrogens is 196 g/mol. The summed E-state index contributed by atoms with van der Waals surface area (Å²) in [5.41, 5.74) is 1.35. The number of benzene rings is 1. The highest BCUT2D eigenvalue weighted by molar-refractivity contribution is 5.84. The molecule has 84 valence electrons. The van der Waals surface area contributed by atoms with Crippen LogP contribution < -0.4 is 5.32 Å². The standard InChI is InChI=1S/C14H18N2/c1-11(15-2)7-8-13-10-16-9-12-5-3-4-6-14(12)13/h3-6,9-11,15H,7-8H2,1-2H3. The van der Waals surface area contributed by atoms with Gasteiger partial charge in [-0.25, -0.2) is 0 Å². The van der Waals surface area contributed by atoms with Crippen molar-refractivity contribution in [2.75, 3.05) is 7.05 Å². The van der Waals surface area contributed by atoms with Crippen LogP contribution in [0.1, 0.15) is 18.9 Å². The van der Waals surface area contributed by atoms with Gasteiger partial charge in [0.05, 0.1) is 0 Å². The Morgan fingerprint density at radius 3 is 2.88 bits per heavy atom. The second-order valence-electron chi connectivity index (χ2n) is 4.25. The first kappa shape index (κ1) is 11.1. The van der Waals surface area contributed by atoms with Crippen molar-refractivity contribution >= 4 is 10.8 Å². The van der Waals surface area contributed by atoms with E-state index in [0.717, 1.165) is 12.8 Å². The van der Waals surface area contributed by atoms with Gasteiger partial charge in [0.25, 0.3) is 0 Å². The van der Waals surface area contributed by atoms with Crippen molar-refractivity contribution in [1.29, 1.82) is 0 Å². The Labute approximate surface area is 96.7 Å². The number of aromatic nitrogens is 1. The number of pyridine rings is 1. The number of nitrogens with one attached hydrogen (secondary N) is 1. The van der Waals surface area contributed by atoms with Crippen LogP contribution in [0.15, 0.2) is 36.7 Å². The van der Waals surface area contributed by atoms with Crippen LogP contribution in [0.2, 0.25) is 0 Å². The van der Waals surface area contributed by atoms with Crippen LogP contribution in [0.5, 0.6) is 0 Å². The average Bonchev–Trinajstić information content (AvgIpc) is 2.35. The van der Waals surface area contributed by atoms with Gasteiger partial charge in [-0.15, -0.1) is 0 Å². The Balaban J connectivity index is 2.23. The molecule has 1 aromatic heterocycles. The SMILES string of the molecule is CNC(C)CCc1cncc2ccccc12. The highest BCUT2D eigenvalue weighted by atomic mass is 14.8. The number of nitrogens with zero attached hydrogens (tertiary/aromatic N) is 1. The van der Waals surface area contributed by atoms with Crippen molar-refractivity contribution in [1.82, 2.24) is 10.3 Å². The van der Waals surface area contributed by atoms with E-state index in [2.05, 4.69) is 41.5 Å². The van der Waals surface area contributed by atoms with Crippen LogP contribution in [0.3, 0.4) is 0 Å². The summed E-state index contributed by atoms with van der Waals surface area (Å²) in [6, 6.07) is 9.00. The monoisotopic (exact) mass is 214 g/mol. The molecule has 0 radical (unpaired) electrons. The number of fused-ring (bicyclic) bond motifs is 1. The van der Waals surface area contributed by atoms with Crippen molar-refractivity contribution in [3.8, 4) is 0 Å². The van der Waals surface area contributed by atoms with Gasteiger partial charge in [-0.05, 0) is 37.8 Å². The Kier molecular flexibility index (Phi) is 3.52. The third kappa shape index (κ3) is 2.39. The minimum Gasteiger partial charge on any atom is -0.317 e. The highest BCUT2D eigenvalue weighted by Gasteiger charge is 2.03. The summed E-state index contributed by atoms with van der Waals surface area (Å²) in [6.07, 6.45) is 6.15. The molecule has 0 fully saturated rings. The van der Waals surface area contributed by atoms with E-state index in [0.29, 0.717) is 6.04 Å². The number of rotatable bonds is 4. The minimum atomic E-state index is 0.555. The van der Waals surface area contributed by atoms with Crippen LogP contribution in [-0.4, -0.2) is 18.1 Å². The molecule has 0 saturated carbocycles. The third-order valence-corrected chi connectivity index (χ3v) is 3.09. The Bertz CT molecular complexity index is 460. The summed E-state index contributed by atoms with van der Waals surface area (Å²) in [6.45, 7) is 2.21. The van der Waals surface area contributed by atoms with Gasteiger partial charge in [-0.3, -0.25) is 4.98 Å². The lowest BCUT2D eigenvalue weighted by molar-refractivity contribution is 0.566. The van der Waals surface area contributed by atoms with Crippen LogP contribution in [-0.2, 0) is 6.42 Å². The van der Waals surface area contributed by atoms with E-state index in [9.17, 15) is 0 Å². The molecule has 1 unspecified atom stereocenters. The molecule has 1 N–H and O–H groups in total. The normalized spacial score (nSPS) is 12.9. The average molecular weight is 214 g/mol. The maximum Gasteiger partial charge on any atom is 0.0346 e. The third-order valence-electron chi connectivity index (χ3n) is 3.09. The van der Waals surface area contributed by atoms with E-state index in [4.69, 9.17) is 0 Å². The molecule has 0 aliphatic rings. The molecule has 2 nitrogen and oxygen atoms in total. The number of hydrogen-bond donors (Lipinski definition) is 1. The van der Waals surface area contributed by atoms with Gasteiger partial charge in [-0.2, -0.15) is 0 Å². The lowest BCUT2D eigenvalue weighted by atomic mass is 10.0. The van der Waals surface area contributed by atoms with E-state index < -0.39 is 0 Å². The summed E-state index contributed by atoms with van der Waals surface area (Å²) in [7, 11) is 2.01. The van der Waals surface area contributed by atoms with Crippen LogP contribution in [0, 0.1) is 0 Å². The fraction of sp³-hybridized carbons (Fsp3) is 0.357. The molecule has 0 aliphatic heterocycles. The molecule has 0 amide bonds. The van der Waals surface area contributed by atoms with Gasteiger partial charge in [0, 0.05) is 23.8 Å². The van der Waals surface area contributed by atoms with Gasteiger partial charge in [0.1, 0.15) is 0 Å². The van der Waals surface area contributed by atoms with Gasteiger partial charge in [-0.1, -0.05) is 24.3 Å². The van der Waals surface area contributed by atoms with Crippen molar-refractivity contribution in [2.45, 2.75) is 25.8 Å². The molecule has 1 heterocycles. The van der Waals surface area contributed by atoms with E-state index in [1.807, 2.05) is 19.4 Å². The van der Waals surface area contributed by atoms with Crippen LogP contribution in [0.4, 0.5) is 0 Å². The van der Waals surface area contributed by atoms with Crippen molar-refractivity contribution in [3.05, 3.63) is 42.2 Å². The smallest absolute Gasteiger partial charge is 0.0346 e. The first-order chi connectivity index (χ1) is 7.81. The second kappa shape index (κ2) is 5.08. The summed E-state index contributed by atoms with van der Waals surface area (Å²) < 4.78 is 0. The van der Waals surface area contributed by atoms with Crippen LogP contribution in [0.25, 0.3) is 10.8 Å². The zero-order valence-corrected chi connectivity index (χ0v) is 9.90. The summed E-state index contributed by atoms with van der Waals surface area (Å²) in [5.74, 6) is 0. The predicted octanol–water partition coefficient (Wildman–Crippen LogP) is 2.78. The molecule has 2 rings (SSSR count). The summed E-state index contributed by atoms with van der Waals surface area (Å²) in [4.78, 5) is 4.30. The maximum atomic E-state index is 4.30. The quantitative estimate of drug-likeness (QED) is 0.846. The first-order valence-electron chi connectivity index (χ1n) is 5.80. The lowest BCUT2D eigenvalue weighted by Crippen LogP contribution is -2.21. The predicted molar refractivity (Wildman–Crippen MR) is 68.6 cm³/mol. The van der Waals surface area contributed by atoms with Crippen molar-refractivity contribution in [2.24, 2.45) is 0 Å². The molecule has 2 aromatic rings. The van der Waals surface area contributed by atoms with Crippen LogP contribution >= 0.6 is 0 Å². The van der Waals surface area contributed by atoms with Crippen molar-refractivity contribution < 1.29 is 0 Å².